The molecule has 0 saturated carbocycles. The summed E-state index contributed by atoms with van der Waals surface area (Å²) in [7, 11) is 0. The predicted octanol–water partition coefficient (Wildman–Crippen LogP) is 3.57. The van der Waals surface area contributed by atoms with E-state index in [2.05, 4.69) is 55.3 Å². The number of hydrogen-bond acceptors (Lipinski definition) is 4. The Labute approximate surface area is 192 Å². The number of guanidine groups is 1. The molecule has 0 radical (unpaired) electrons. The SMILES string of the molecule is CCNC(=NCc1cccc(COC(C)C)c1)N1CCOC(C2CCCO2)C1.I. The van der Waals surface area contributed by atoms with Crippen molar-refractivity contribution >= 4 is 29.9 Å². The van der Waals surface area contributed by atoms with Gasteiger partial charge in [0.25, 0.3) is 0 Å². The number of nitrogens with one attached hydrogen (secondary N) is 1. The Morgan fingerprint density at radius 2 is 2.03 bits per heavy atom. The number of benzene rings is 1. The summed E-state index contributed by atoms with van der Waals surface area (Å²) in [6.07, 6.45) is 2.83. The van der Waals surface area contributed by atoms with E-state index in [1.807, 2.05) is 0 Å². The van der Waals surface area contributed by atoms with E-state index >= 15 is 0 Å². The number of nitrogens with zero attached hydrogens (tertiary/aromatic N) is 2. The number of morpholine rings is 1. The third-order valence-electron chi connectivity index (χ3n) is 5.09. The van der Waals surface area contributed by atoms with Crippen molar-refractivity contribution in [2.75, 3.05) is 32.8 Å². The summed E-state index contributed by atoms with van der Waals surface area (Å²) >= 11 is 0. The van der Waals surface area contributed by atoms with Gasteiger partial charge in [0.2, 0.25) is 0 Å². The van der Waals surface area contributed by atoms with Crippen molar-refractivity contribution < 1.29 is 14.2 Å². The monoisotopic (exact) mass is 517 g/mol. The topological polar surface area (TPSA) is 55.3 Å². The molecule has 2 aliphatic rings. The molecule has 6 nitrogen and oxygen atoms in total. The van der Waals surface area contributed by atoms with E-state index in [1.54, 1.807) is 0 Å². The quantitative estimate of drug-likeness (QED) is 0.341. The fraction of sp³-hybridized carbons (Fsp3) is 0.682. The van der Waals surface area contributed by atoms with Crippen LogP contribution in [0, 0.1) is 0 Å². The van der Waals surface area contributed by atoms with Gasteiger partial charge in [-0.15, -0.1) is 24.0 Å². The van der Waals surface area contributed by atoms with Crippen LogP contribution in [-0.4, -0.2) is 62.0 Å². The molecule has 2 aliphatic heterocycles. The molecule has 2 atom stereocenters. The fourth-order valence-electron chi connectivity index (χ4n) is 3.66. The first-order chi connectivity index (χ1) is 13.7. The summed E-state index contributed by atoms with van der Waals surface area (Å²) in [5, 5.41) is 3.44. The Kier molecular flexibility index (Phi) is 10.7. The molecule has 0 aliphatic carbocycles. The lowest BCUT2D eigenvalue weighted by Gasteiger charge is -2.37. The molecular weight excluding hydrogens is 481 g/mol. The van der Waals surface area contributed by atoms with E-state index in [0.29, 0.717) is 13.2 Å². The summed E-state index contributed by atoms with van der Waals surface area (Å²) in [5.41, 5.74) is 2.39. The second-order valence-electron chi connectivity index (χ2n) is 7.76. The third-order valence-corrected chi connectivity index (χ3v) is 5.09. The normalized spacial score (nSPS) is 22.6. The molecule has 164 valence electrons. The lowest BCUT2D eigenvalue weighted by atomic mass is 10.1. The van der Waals surface area contributed by atoms with Crippen molar-refractivity contribution in [3.63, 3.8) is 0 Å². The maximum Gasteiger partial charge on any atom is 0.194 e. The standard InChI is InChI=1S/C22H35N3O3.HI/c1-4-23-22(25-10-12-27-21(15-25)20-9-6-11-26-20)24-14-18-7-5-8-19(13-18)16-28-17(2)3;/h5,7-8,13,17,20-21H,4,6,9-12,14-16H2,1-3H3,(H,23,24);1H. The van der Waals surface area contributed by atoms with Crippen LogP contribution in [-0.2, 0) is 27.4 Å². The van der Waals surface area contributed by atoms with Crippen LogP contribution < -0.4 is 5.32 Å². The first kappa shape index (κ1) is 24.4. The van der Waals surface area contributed by atoms with Crippen molar-refractivity contribution in [1.29, 1.82) is 0 Å². The van der Waals surface area contributed by atoms with Crippen LogP contribution >= 0.6 is 24.0 Å². The van der Waals surface area contributed by atoms with Crippen LogP contribution in [0.25, 0.3) is 0 Å². The molecule has 2 heterocycles. The lowest BCUT2D eigenvalue weighted by molar-refractivity contribution is -0.0817. The molecule has 1 N–H and O–H groups in total. The second kappa shape index (κ2) is 12.7. The maximum absolute atomic E-state index is 5.98. The fourth-order valence-corrected chi connectivity index (χ4v) is 3.66. The van der Waals surface area contributed by atoms with E-state index in [9.17, 15) is 0 Å². The molecule has 2 fully saturated rings. The minimum Gasteiger partial charge on any atom is -0.375 e. The zero-order valence-electron chi connectivity index (χ0n) is 17.9. The first-order valence-corrected chi connectivity index (χ1v) is 10.6. The van der Waals surface area contributed by atoms with Gasteiger partial charge in [-0.3, -0.25) is 0 Å². The van der Waals surface area contributed by atoms with Gasteiger partial charge < -0.3 is 24.4 Å². The zero-order valence-corrected chi connectivity index (χ0v) is 20.3. The Morgan fingerprint density at radius 1 is 1.24 bits per heavy atom. The largest absolute Gasteiger partial charge is 0.375 e. The van der Waals surface area contributed by atoms with Gasteiger partial charge in [-0.05, 0) is 44.7 Å². The molecular formula is C22H36IN3O3. The van der Waals surface area contributed by atoms with Crippen LogP contribution in [0.3, 0.4) is 0 Å². The van der Waals surface area contributed by atoms with Crippen molar-refractivity contribution in [2.45, 2.75) is 65.1 Å². The molecule has 1 aromatic carbocycles. The summed E-state index contributed by atoms with van der Waals surface area (Å²) in [4.78, 5) is 7.21. The summed E-state index contributed by atoms with van der Waals surface area (Å²) in [6.45, 7) is 11.6. The Morgan fingerprint density at radius 3 is 2.76 bits per heavy atom. The molecule has 1 aromatic rings. The number of aliphatic imine (C=N–C) groups is 1. The van der Waals surface area contributed by atoms with Gasteiger partial charge in [0.15, 0.2) is 5.96 Å². The Balaban J connectivity index is 0.00000300. The maximum atomic E-state index is 5.98. The molecule has 3 rings (SSSR count). The van der Waals surface area contributed by atoms with Crippen LogP contribution in [0.4, 0.5) is 0 Å². The van der Waals surface area contributed by atoms with E-state index in [4.69, 9.17) is 19.2 Å². The average Bonchev–Trinajstić information content (AvgIpc) is 3.25. The molecule has 2 saturated heterocycles. The van der Waals surface area contributed by atoms with Crippen molar-refractivity contribution in [1.82, 2.24) is 10.2 Å². The highest BCUT2D eigenvalue weighted by Crippen LogP contribution is 2.21. The van der Waals surface area contributed by atoms with Gasteiger partial charge in [-0.1, -0.05) is 24.3 Å². The minimum absolute atomic E-state index is 0. The Bertz CT molecular complexity index is 635. The highest BCUT2D eigenvalue weighted by Gasteiger charge is 2.32. The smallest absolute Gasteiger partial charge is 0.194 e. The molecule has 2 unspecified atom stereocenters. The minimum atomic E-state index is 0. The van der Waals surface area contributed by atoms with Crippen LogP contribution in [0.1, 0.15) is 44.7 Å². The van der Waals surface area contributed by atoms with Crippen molar-refractivity contribution in [2.24, 2.45) is 4.99 Å². The van der Waals surface area contributed by atoms with Gasteiger partial charge in [0.05, 0.1) is 32.0 Å². The van der Waals surface area contributed by atoms with Crippen molar-refractivity contribution in [3.8, 4) is 0 Å². The van der Waals surface area contributed by atoms with Crippen LogP contribution in [0.15, 0.2) is 29.3 Å². The average molecular weight is 517 g/mol. The number of hydrogen-bond donors (Lipinski definition) is 1. The second-order valence-corrected chi connectivity index (χ2v) is 7.76. The van der Waals surface area contributed by atoms with E-state index in [-0.39, 0.29) is 42.3 Å². The van der Waals surface area contributed by atoms with Gasteiger partial charge in [-0.2, -0.15) is 0 Å². The molecule has 0 bridgehead atoms. The summed E-state index contributed by atoms with van der Waals surface area (Å²) in [6, 6.07) is 8.50. The highest BCUT2D eigenvalue weighted by molar-refractivity contribution is 14.0. The van der Waals surface area contributed by atoms with Gasteiger partial charge >= 0.3 is 0 Å². The summed E-state index contributed by atoms with van der Waals surface area (Å²) in [5.74, 6) is 0.956. The highest BCUT2D eigenvalue weighted by atomic mass is 127. The van der Waals surface area contributed by atoms with E-state index in [1.165, 1.54) is 11.1 Å². The van der Waals surface area contributed by atoms with E-state index < -0.39 is 0 Å². The predicted molar refractivity (Wildman–Crippen MR) is 127 cm³/mol. The van der Waals surface area contributed by atoms with Crippen LogP contribution in [0.5, 0.6) is 0 Å². The molecule has 0 spiro atoms. The van der Waals surface area contributed by atoms with Gasteiger partial charge in [-0.25, -0.2) is 4.99 Å². The van der Waals surface area contributed by atoms with Gasteiger partial charge in [0, 0.05) is 26.2 Å². The first-order valence-electron chi connectivity index (χ1n) is 10.6. The molecule has 0 aromatic heterocycles. The molecule has 7 heteroatoms. The zero-order chi connectivity index (χ0) is 19.8. The lowest BCUT2D eigenvalue weighted by Crippen LogP contribution is -2.53. The van der Waals surface area contributed by atoms with Crippen molar-refractivity contribution in [3.05, 3.63) is 35.4 Å². The van der Waals surface area contributed by atoms with Crippen LogP contribution in [0.2, 0.25) is 0 Å². The number of rotatable bonds is 7. The third kappa shape index (κ3) is 7.70. The Hall–Kier alpha value is -0.900. The number of ether oxygens (including phenoxy) is 3. The summed E-state index contributed by atoms with van der Waals surface area (Å²) < 4.78 is 17.5. The van der Waals surface area contributed by atoms with Gasteiger partial charge in [0.1, 0.15) is 6.10 Å². The molecule has 0 amide bonds. The van der Waals surface area contributed by atoms with E-state index in [0.717, 1.165) is 51.6 Å². The number of halogens is 1. The molecule has 29 heavy (non-hydrogen) atoms.